The molecule has 1 aromatic heterocycles. The number of aryl methyl sites for hydroxylation is 2. The summed E-state index contributed by atoms with van der Waals surface area (Å²) in [4.78, 5) is 21.8. The summed E-state index contributed by atoms with van der Waals surface area (Å²) in [5.41, 5.74) is 2.07. The number of nitrogens with zero attached hydrogens (tertiary/aromatic N) is 2. The van der Waals surface area contributed by atoms with E-state index in [2.05, 4.69) is 25.9 Å². The van der Waals surface area contributed by atoms with Gasteiger partial charge in [-0.05, 0) is 45.4 Å². The van der Waals surface area contributed by atoms with E-state index < -0.39 is 0 Å². The van der Waals surface area contributed by atoms with Crippen LogP contribution in [0.15, 0.2) is 29.3 Å². The zero-order chi connectivity index (χ0) is 20.4. The molecule has 3 N–H and O–H groups in total. The van der Waals surface area contributed by atoms with Gasteiger partial charge in [0.15, 0.2) is 12.6 Å². The highest BCUT2D eigenvalue weighted by Gasteiger charge is 2.06. The number of nitrogens with one attached hydrogen (secondary N) is 3. The number of likely N-dealkylation sites (N-methyl/N-ethyl adjacent to an activating group) is 1. The molecule has 0 aliphatic heterocycles. The lowest BCUT2D eigenvalue weighted by molar-refractivity contribution is -0.122. The molecular weight excluding hydrogens is 501 g/mol. The molecule has 0 bridgehead atoms. The summed E-state index contributed by atoms with van der Waals surface area (Å²) in [6.45, 7) is 10.5. The highest BCUT2D eigenvalue weighted by Crippen LogP contribution is 2.17. The second kappa shape index (κ2) is 13.4. The van der Waals surface area contributed by atoms with Gasteiger partial charge in [-0.2, -0.15) is 0 Å². The molecule has 0 saturated heterocycles. The van der Waals surface area contributed by atoms with Gasteiger partial charge in [0.2, 0.25) is 0 Å². The monoisotopic (exact) mass is 531 g/mol. The number of ether oxygens (including phenoxy) is 1. The molecule has 1 heterocycles. The Kier molecular flexibility index (Phi) is 11.6. The molecule has 1 aromatic carbocycles. The van der Waals surface area contributed by atoms with Crippen LogP contribution in [0.25, 0.3) is 0 Å². The first-order valence-corrected chi connectivity index (χ1v) is 10.3. The van der Waals surface area contributed by atoms with Crippen molar-refractivity contribution >= 4 is 47.2 Å². The summed E-state index contributed by atoms with van der Waals surface area (Å²) in [6.07, 6.45) is 0. The highest BCUT2D eigenvalue weighted by molar-refractivity contribution is 14.0. The van der Waals surface area contributed by atoms with Gasteiger partial charge < -0.3 is 20.7 Å². The van der Waals surface area contributed by atoms with Gasteiger partial charge in [0.1, 0.15) is 5.75 Å². The number of guanidine groups is 1. The van der Waals surface area contributed by atoms with Crippen molar-refractivity contribution in [3.8, 4) is 5.75 Å². The molecule has 0 fully saturated rings. The van der Waals surface area contributed by atoms with E-state index >= 15 is 0 Å². The number of rotatable bonds is 9. The minimum Gasteiger partial charge on any atom is -0.484 e. The summed E-state index contributed by atoms with van der Waals surface area (Å²) in [6, 6.07) is 7.64. The number of hydrogen-bond acceptors (Lipinski definition) is 5. The maximum atomic E-state index is 11.5. The first-order valence-electron chi connectivity index (χ1n) is 9.45. The van der Waals surface area contributed by atoms with Crippen molar-refractivity contribution in [2.75, 3.05) is 19.7 Å². The lowest BCUT2D eigenvalue weighted by Crippen LogP contribution is -2.36. The maximum absolute atomic E-state index is 11.5. The first-order chi connectivity index (χ1) is 13.5. The molecule has 0 aliphatic carbocycles. The summed E-state index contributed by atoms with van der Waals surface area (Å²) in [5, 5.41) is 10.4. The fraction of sp³-hybridized carbons (Fsp3) is 0.450. The van der Waals surface area contributed by atoms with Crippen molar-refractivity contribution in [1.82, 2.24) is 20.9 Å². The SMILES string of the molecule is CCNC(=O)COc1cccc(CN=C(NCC)NCc2sc(C)nc2C)c1.I. The number of aromatic nitrogens is 1. The number of hydrogen-bond donors (Lipinski definition) is 3. The van der Waals surface area contributed by atoms with Gasteiger partial charge in [-0.25, -0.2) is 9.98 Å². The number of carbonyl (C=O) groups excluding carboxylic acids is 1. The Morgan fingerprint density at radius 2 is 1.93 bits per heavy atom. The van der Waals surface area contributed by atoms with E-state index in [-0.39, 0.29) is 36.5 Å². The third kappa shape index (κ3) is 8.99. The topological polar surface area (TPSA) is 87.6 Å². The van der Waals surface area contributed by atoms with Gasteiger partial charge in [-0.3, -0.25) is 4.79 Å². The molecule has 0 radical (unpaired) electrons. The Morgan fingerprint density at radius 1 is 1.17 bits per heavy atom. The quantitative estimate of drug-likeness (QED) is 0.263. The van der Waals surface area contributed by atoms with Crippen molar-refractivity contribution in [2.24, 2.45) is 4.99 Å². The predicted octanol–water partition coefficient (Wildman–Crippen LogP) is 3.15. The molecule has 2 rings (SSSR count). The summed E-state index contributed by atoms with van der Waals surface area (Å²) >= 11 is 1.70. The summed E-state index contributed by atoms with van der Waals surface area (Å²) < 4.78 is 5.54. The standard InChI is InChI=1S/C20H29N5O2S.HI/c1-5-21-19(26)13-27-17-9-7-8-16(10-17)11-23-20(22-6-2)24-12-18-14(3)25-15(4)28-18;/h7-10H,5-6,11-13H2,1-4H3,(H,21,26)(H2,22,23,24);1H. The normalized spacial score (nSPS) is 10.8. The zero-order valence-corrected chi connectivity index (χ0v) is 20.5. The van der Waals surface area contributed by atoms with Crippen LogP contribution in [0, 0.1) is 13.8 Å². The summed E-state index contributed by atoms with van der Waals surface area (Å²) in [7, 11) is 0. The van der Waals surface area contributed by atoms with Crippen LogP contribution in [0.3, 0.4) is 0 Å². The zero-order valence-electron chi connectivity index (χ0n) is 17.4. The third-order valence-corrected chi connectivity index (χ3v) is 4.90. The number of aliphatic imine (C=N–C) groups is 1. The van der Waals surface area contributed by atoms with Gasteiger partial charge in [0.25, 0.3) is 5.91 Å². The third-order valence-electron chi connectivity index (χ3n) is 3.82. The predicted molar refractivity (Wildman–Crippen MR) is 129 cm³/mol. The van der Waals surface area contributed by atoms with Crippen LogP contribution in [-0.4, -0.2) is 36.5 Å². The number of thiazole rings is 1. The van der Waals surface area contributed by atoms with Crippen LogP contribution in [0.1, 0.15) is 35.0 Å². The maximum Gasteiger partial charge on any atom is 0.257 e. The Labute approximate surface area is 193 Å². The molecule has 0 aliphatic rings. The van der Waals surface area contributed by atoms with E-state index in [0.717, 1.165) is 28.8 Å². The number of halogens is 1. The van der Waals surface area contributed by atoms with E-state index in [1.807, 2.05) is 52.0 Å². The molecule has 29 heavy (non-hydrogen) atoms. The van der Waals surface area contributed by atoms with Gasteiger partial charge in [0.05, 0.1) is 23.8 Å². The van der Waals surface area contributed by atoms with E-state index in [1.54, 1.807) is 11.3 Å². The smallest absolute Gasteiger partial charge is 0.257 e. The minimum atomic E-state index is -0.127. The van der Waals surface area contributed by atoms with Crippen molar-refractivity contribution < 1.29 is 9.53 Å². The molecule has 9 heteroatoms. The van der Waals surface area contributed by atoms with E-state index in [1.165, 1.54) is 4.88 Å². The fourth-order valence-electron chi connectivity index (χ4n) is 2.54. The molecule has 0 unspecified atom stereocenters. The lowest BCUT2D eigenvalue weighted by atomic mass is 10.2. The van der Waals surface area contributed by atoms with Crippen molar-refractivity contribution in [3.05, 3.63) is 45.4 Å². The number of benzene rings is 1. The molecule has 0 spiro atoms. The average molecular weight is 531 g/mol. The van der Waals surface area contributed by atoms with Crippen LogP contribution in [0.2, 0.25) is 0 Å². The Balaban J connectivity index is 0.00000420. The molecule has 0 atom stereocenters. The lowest BCUT2D eigenvalue weighted by Gasteiger charge is -2.11. The largest absolute Gasteiger partial charge is 0.484 e. The highest BCUT2D eigenvalue weighted by atomic mass is 127. The van der Waals surface area contributed by atoms with Crippen LogP contribution in [-0.2, 0) is 17.9 Å². The molecular formula is C20H30IN5O2S. The van der Waals surface area contributed by atoms with Gasteiger partial charge in [-0.1, -0.05) is 12.1 Å². The van der Waals surface area contributed by atoms with Crippen LogP contribution in [0.4, 0.5) is 0 Å². The first kappa shape index (κ1) is 25.2. The molecule has 2 aromatic rings. The Bertz CT molecular complexity index is 810. The van der Waals surface area contributed by atoms with Crippen molar-refractivity contribution in [2.45, 2.75) is 40.8 Å². The number of carbonyl (C=O) groups is 1. The van der Waals surface area contributed by atoms with Crippen LogP contribution >= 0.6 is 35.3 Å². The average Bonchev–Trinajstić information content (AvgIpc) is 3.00. The molecule has 7 nitrogen and oxygen atoms in total. The summed E-state index contributed by atoms with van der Waals surface area (Å²) in [5.74, 6) is 1.28. The second-order valence-electron chi connectivity index (χ2n) is 6.18. The van der Waals surface area contributed by atoms with Crippen LogP contribution < -0.4 is 20.7 Å². The van der Waals surface area contributed by atoms with Gasteiger partial charge >= 0.3 is 0 Å². The number of amides is 1. The van der Waals surface area contributed by atoms with E-state index in [9.17, 15) is 4.79 Å². The van der Waals surface area contributed by atoms with E-state index in [0.29, 0.717) is 25.4 Å². The molecule has 0 saturated carbocycles. The minimum absolute atomic E-state index is 0. The van der Waals surface area contributed by atoms with Crippen molar-refractivity contribution in [3.63, 3.8) is 0 Å². The molecule has 1 amide bonds. The Hall–Kier alpha value is -1.88. The van der Waals surface area contributed by atoms with E-state index in [4.69, 9.17) is 4.74 Å². The van der Waals surface area contributed by atoms with Crippen LogP contribution in [0.5, 0.6) is 5.75 Å². The molecule has 160 valence electrons. The second-order valence-corrected chi connectivity index (χ2v) is 7.47. The Morgan fingerprint density at radius 3 is 2.59 bits per heavy atom. The van der Waals surface area contributed by atoms with Gasteiger partial charge in [0, 0.05) is 18.0 Å². The van der Waals surface area contributed by atoms with Crippen molar-refractivity contribution in [1.29, 1.82) is 0 Å². The van der Waals surface area contributed by atoms with Gasteiger partial charge in [-0.15, -0.1) is 35.3 Å². The fourth-order valence-corrected chi connectivity index (χ4v) is 3.42.